The van der Waals surface area contributed by atoms with Gasteiger partial charge >= 0.3 is 19.8 Å². The molecule has 0 bridgehead atoms. The number of aliphatic hydroxyl groups is 2. The van der Waals surface area contributed by atoms with Gasteiger partial charge in [-0.2, -0.15) is 0 Å². The quantitative estimate of drug-likeness (QED) is 0.0286. The molecule has 3 atom stereocenters. The standard InChI is InChI=1S/C33H63O10P/c1-3-5-7-9-11-12-13-14-15-16-17-19-21-23-25-33(37)43-31(27-35)29-41-44(38,39)40-28-30(26-34)42-32(36)24-22-20-18-10-8-6-4-2/h13-14,30-31,34-35H,3-12,15-29H2,1-2H3,(H,38,39)/b14-13-. The molecule has 44 heavy (non-hydrogen) atoms. The Labute approximate surface area is 266 Å². The summed E-state index contributed by atoms with van der Waals surface area (Å²) in [5, 5.41) is 19.0. The first-order valence-electron chi connectivity index (χ1n) is 17.1. The van der Waals surface area contributed by atoms with Gasteiger partial charge in [0.2, 0.25) is 0 Å². The topological polar surface area (TPSA) is 149 Å². The second kappa shape index (κ2) is 30.4. The molecule has 10 nitrogen and oxygen atoms in total. The summed E-state index contributed by atoms with van der Waals surface area (Å²) in [4.78, 5) is 34.1. The summed E-state index contributed by atoms with van der Waals surface area (Å²) in [6.07, 6.45) is 23.6. The van der Waals surface area contributed by atoms with Crippen LogP contribution in [0.2, 0.25) is 0 Å². The molecule has 0 radical (unpaired) electrons. The number of phosphoric ester groups is 1. The zero-order valence-corrected chi connectivity index (χ0v) is 28.5. The van der Waals surface area contributed by atoms with Crippen molar-refractivity contribution in [3.8, 4) is 0 Å². The minimum absolute atomic E-state index is 0.185. The number of esters is 2. The summed E-state index contributed by atoms with van der Waals surface area (Å²) in [6.45, 7) is 2.10. The number of unbranched alkanes of at least 4 members (excludes halogenated alkanes) is 16. The lowest BCUT2D eigenvalue weighted by atomic mass is 10.1. The zero-order valence-electron chi connectivity index (χ0n) is 27.6. The summed E-state index contributed by atoms with van der Waals surface area (Å²) >= 11 is 0. The average molecular weight is 651 g/mol. The molecule has 0 aliphatic heterocycles. The molecule has 3 N–H and O–H groups in total. The van der Waals surface area contributed by atoms with E-state index in [9.17, 15) is 29.3 Å². The van der Waals surface area contributed by atoms with Gasteiger partial charge in [-0.25, -0.2) is 4.57 Å². The van der Waals surface area contributed by atoms with Crippen LogP contribution in [-0.2, 0) is 32.7 Å². The maximum atomic E-state index is 12.2. The zero-order chi connectivity index (χ0) is 32.7. The molecule has 260 valence electrons. The van der Waals surface area contributed by atoms with Gasteiger partial charge in [-0.3, -0.25) is 18.6 Å². The van der Waals surface area contributed by atoms with Crippen LogP contribution in [0.15, 0.2) is 12.2 Å². The highest BCUT2D eigenvalue weighted by atomic mass is 31.2. The number of carbonyl (C=O) groups is 2. The molecule has 0 aromatic heterocycles. The molecule has 11 heteroatoms. The minimum Gasteiger partial charge on any atom is -0.457 e. The van der Waals surface area contributed by atoms with Crippen molar-refractivity contribution in [2.45, 2.75) is 161 Å². The van der Waals surface area contributed by atoms with E-state index in [4.69, 9.17) is 18.5 Å². The molecular weight excluding hydrogens is 587 g/mol. The molecule has 3 unspecified atom stereocenters. The van der Waals surface area contributed by atoms with Crippen molar-refractivity contribution in [3.63, 3.8) is 0 Å². The average Bonchev–Trinajstić information content (AvgIpc) is 3.01. The van der Waals surface area contributed by atoms with Gasteiger partial charge in [0, 0.05) is 12.8 Å². The number of hydrogen-bond donors (Lipinski definition) is 3. The first kappa shape index (κ1) is 42.7. The summed E-state index contributed by atoms with van der Waals surface area (Å²) in [7, 11) is -4.62. The fourth-order valence-corrected chi connectivity index (χ4v) is 5.30. The van der Waals surface area contributed by atoms with Crippen molar-refractivity contribution in [2.75, 3.05) is 26.4 Å². The van der Waals surface area contributed by atoms with Gasteiger partial charge in [0.05, 0.1) is 26.4 Å². The largest absolute Gasteiger partial charge is 0.472 e. The van der Waals surface area contributed by atoms with Crippen LogP contribution in [0.3, 0.4) is 0 Å². The van der Waals surface area contributed by atoms with Gasteiger partial charge < -0.3 is 24.6 Å². The predicted molar refractivity (Wildman–Crippen MR) is 173 cm³/mol. The number of rotatable bonds is 32. The van der Waals surface area contributed by atoms with Gasteiger partial charge in [0.25, 0.3) is 0 Å². The second-order valence-electron chi connectivity index (χ2n) is 11.5. The fraction of sp³-hybridized carbons (Fsp3) is 0.879. The number of phosphoric acid groups is 1. The normalized spacial score (nSPS) is 14.4. The molecule has 0 saturated carbocycles. The Morgan fingerprint density at radius 3 is 1.30 bits per heavy atom. The van der Waals surface area contributed by atoms with E-state index in [0.717, 1.165) is 57.8 Å². The lowest BCUT2D eigenvalue weighted by Crippen LogP contribution is -2.28. The van der Waals surface area contributed by atoms with Crippen LogP contribution in [0.5, 0.6) is 0 Å². The van der Waals surface area contributed by atoms with Gasteiger partial charge in [-0.15, -0.1) is 0 Å². The van der Waals surface area contributed by atoms with Crippen molar-refractivity contribution in [2.24, 2.45) is 0 Å². The fourth-order valence-electron chi connectivity index (χ4n) is 4.52. The second-order valence-corrected chi connectivity index (χ2v) is 13.0. The number of allylic oxidation sites excluding steroid dienone is 2. The monoisotopic (exact) mass is 650 g/mol. The molecule has 0 aromatic rings. The van der Waals surface area contributed by atoms with Gasteiger partial charge in [0.15, 0.2) is 0 Å². The number of aliphatic hydroxyl groups excluding tert-OH is 2. The van der Waals surface area contributed by atoms with Crippen LogP contribution >= 0.6 is 7.82 Å². The minimum atomic E-state index is -4.62. The number of carbonyl (C=O) groups excluding carboxylic acids is 2. The number of hydrogen-bond acceptors (Lipinski definition) is 9. The summed E-state index contributed by atoms with van der Waals surface area (Å²) in [6, 6.07) is 0. The maximum Gasteiger partial charge on any atom is 0.472 e. The summed E-state index contributed by atoms with van der Waals surface area (Å²) in [5.74, 6) is -1.03. The van der Waals surface area contributed by atoms with Crippen LogP contribution < -0.4 is 0 Å². The Morgan fingerprint density at radius 2 is 0.932 bits per heavy atom. The van der Waals surface area contributed by atoms with E-state index < -0.39 is 58.4 Å². The summed E-state index contributed by atoms with van der Waals surface area (Å²) < 4.78 is 32.2. The van der Waals surface area contributed by atoms with Gasteiger partial charge in [-0.1, -0.05) is 109 Å². The first-order chi connectivity index (χ1) is 21.3. The lowest BCUT2D eigenvalue weighted by molar-refractivity contribution is -0.153. The van der Waals surface area contributed by atoms with E-state index >= 15 is 0 Å². The third kappa shape index (κ3) is 28.2. The summed E-state index contributed by atoms with van der Waals surface area (Å²) in [5.41, 5.74) is 0. The molecule has 0 aliphatic rings. The molecule has 0 aromatic carbocycles. The first-order valence-corrected chi connectivity index (χ1v) is 18.6. The molecule has 0 heterocycles. The third-order valence-electron chi connectivity index (χ3n) is 7.23. The molecule has 0 amide bonds. The van der Waals surface area contributed by atoms with Crippen molar-refractivity contribution in [3.05, 3.63) is 12.2 Å². The van der Waals surface area contributed by atoms with Crippen molar-refractivity contribution in [1.29, 1.82) is 0 Å². The molecule has 0 rings (SSSR count). The highest BCUT2D eigenvalue weighted by Gasteiger charge is 2.27. The Morgan fingerprint density at radius 1 is 0.591 bits per heavy atom. The molecule has 0 spiro atoms. The highest BCUT2D eigenvalue weighted by molar-refractivity contribution is 7.47. The Bertz CT molecular complexity index is 761. The van der Waals surface area contributed by atoms with Crippen LogP contribution in [0, 0.1) is 0 Å². The lowest BCUT2D eigenvalue weighted by Gasteiger charge is -2.20. The Hall–Kier alpha value is -1.29. The van der Waals surface area contributed by atoms with Crippen LogP contribution in [0.25, 0.3) is 0 Å². The Balaban J connectivity index is 4.02. The maximum absolute atomic E-state index is 12.2. The van der Waals surface area contributed by atoms with E-state index in [1.165, 1.54) is 51.4 Å². The highest BCUT2D eigenvalue weighted by Crippen LogP contribution is 2.43. The van der Waals surface area contributed by atoms with E-state index in [1.54, 1.807) is 0 Å². The predicted octanol–water partition coefficient (Wildman–Crippen LogP) is 7.72. The van der Waals surface area contributed by atoms with Crippen LogP contribution in [-0.4, -0.2) is 65.7 Å². The van der Waals surface area contributed by atoms with E-state index in [1.807, 2.05) is 0 Å². The molecular formula is C33H63O10P. The van der Waals surface area contributed by atoms with Crippen molar-refractivity contribution >= 4 is 19.8 Å². The van der Waals surface area contributed by atoms with Crippen molar-refractivity contribution < 1.29 is 47.8 Å². The van der Waals surface area contributed by atoms with Crippen molar-refractivity contribution in [1.82, 2.24) is 0 Å². The van der Waals surface area contributed by atoms with Crippen LogP contribution in [0.1, 0.15) is 149 Å². The molecule has 0 saturated heterocycles. The smallest absolute Gasteiger partial charge is 0.457 e. The van der Waals surface area contributed by atoms with Gasteiger partial charge in [0.1, 0.15) is 12.2 Å². The molecule has 0 aliphatic carbocycles. The van der Waals surface area contributed by atoms with E-state index in [2.05, 4.69) is 26.0 Å². The number of ether oxygens (including phenoxy) is 2. The van der Waals surface area contributed by atoms with E-state index in [-0.39, 0.29) is 12.8 Å². The Kier molecular flexibility index (Phi) is 29.5. The third-order valence-corrected chi connectivity index (χ3v) is 8.18. The van der Waals surface area contributed by atoms with Crippen LogP contribution in [0.4, 0.5) is 0 Å². The van der Waals surface area contributed by atoms with E-state index in [0.29, 0.717) is 12.8 Å². The SMILES string of the molecule is CCCCCCC/C=C\CCCCCCCC(=O)OC(CO)COP(=O)(O)OCC(CO)OC(=O)CCCCCCCCC. The van der Waals surface area contributed by atoms with Gasteiger partial charge in [-0.05, 0) is 38.5 Å². The molecule has 0 fully saturated rings.